The first-order valence-corrected chi connectivity index (χ1v) is 5.05. The lowest BCUT2D eigenvalue weighted by Gasteiger charge is -2.39. The average Bonchev–Trinajstić information content (AvgIpc) is 2.34. The molecule has 0 bridgehead atoms. The van der Waals surface area contributed by atoms with E-state index in [9.17, 15) is 61.9 Å². The Hall–Kier alpha value is -1.70. The fourth-order valence-corrected chi connectivity index (χ4v) is 1.06. The van der Waals surface area contributed by atoms with Crippen molar-refractivity contribution in [2.75, 3.05) is 0 Å². The minimum absolute atomic E-state index is 0.927. The number of hydrogen-bond donors (Lipinski definition) is 1. The van der Waals surface area contributed by atoms with Gasteiger partial charge in [-0.1, -0.05) is 0 Å². The molecule has 0 aliphatic carbocycles. The number of alkyl halides is 13. The molecule has 0 aliphatic heterocycles. The molecule has 15 heteroatoms. The first-order chi connectivity index (χ1) is 10.2. The van der Waals surface area contributed by atoms with Crippen LogP contribution in [0.1, 0.15) is 0 Å². The normalized spacial score (nSPS) is 15.9. The van der Waals surface area contributed by atoms with E-state index >= 15 is 0 Å². The Bertz CT molecular complexity index is 516. The molecule has 0 aromatic rings. The lowest BCUT2D eigenvalue weighted by molar-refractivity contribution is -0.436. The maximum Gasteiger partial charge on any atom is 0.460 e. The molecular weight excluding hydrogens is 387 g/mol. The molecule has 0 rings (SSSR count). The van der Waals surface area contributed by atoms with Crippen LogP contribution in [0.15, 0.2) is 12.2 Å². The Kier molecular flexibility index (Phi) is 5.28. The van der Waals surface area contributed by atoms with Crippen LogP contribution in [0.25, 0.3) is 0 Å². The summed E-state index contributed by atoms with van der Waals surface area (Å²) < 4.78 is 163. The van der Waals surface area contributed by atoms with Gasteiger partial charge in [0.25, 0.3) is 0 Å². The van der Waals surface area contributed by atoms with Crippen LogP contribution >= 0.6 is 0 Å². The molecule has 0 spiro atoms. The highest BCUT2D eigenvalue weighted by Crippen LogP contribution is 2.60. The van der Waals surface area contributed by atoms with Crippen molar-refractivity contribution in [3.63, 3.8) is 0 Å². The third-order valence-electron chi connectivity index (χ3n) is 2.39. The van der Waals surface area contributed by atoms with Gasteiger partial charge in [0.15, 0.2) is 0 Å². The summed E-state index contributed by atoms with van der Waals surface area (Å²) in [7, 11) is 0. The topological polar surface area (TPSA) is 37.3 Å². The molecule has 0 atom stereocenters. The Balaban J connectivity index is 6.25. The second-order valence-corrected chi connectivity index (χ2v) is 4.09. The average molecular weight is 390 g/mol. The lowest BCUT2D eigenvalue weighted by atomic mass is 9.94. The quantitative estimate of drug-likeness (QED) is 0.541. The van der Waals surface area contributed by atoms with Crippen LogP contribution in [0.2, 0.25) is 0 Å². The summed E-state index contributed by atoms with van der Waals surface area (Å²) in [4.78, 5) is 9.84. The summed E-state index contributed by atoms with van der Waals surface area (Å²) in [6, 6.07) is 0. The SMILES string of the molecule is O=C(O)/C=C/C(F)(F)C(F)(F)C(F)(F)C(F)(F)C(F)(F)C(F)(F)F. The van der Waals surface area contributed by atoms with Crippen LogP contribution in [0.4, 0.5) is 57.1 Å². The fourth-order valence-electron chi connectivity index (χ4n) is 1.06. The molecule has 0 amide bonds. The Morgan fingerprint density at radius 3 is 1.25 bits per heavy atom. The molecule has 0 aromatic heterocycles. The molecule has 0 unspecified atom stereocenters. The molecule has 0 aliphatic rings. The highest BCUT2D eigenvalue weighted by Gasteiger charge is 2.90. The van der Waals surface area contributed by atoms with Gasteiger partial charge in [0.05, 0.1) is 0 Å². The minimum atomic E-state index is -8.00. The Morgan fingerprint density at radius 2 is 0.958 bits per heavy atom. The van der Waals surface area contributed by atoms with Crippen molar-refractivity contribution in [2.24, 2.45) is 0 Å². The maximum absolute atomic E-state index is 12.9. The van der Waals surface area contributed by atoms with Crippen molar-refractivity contribution in [2.45, 2.75) is 35.8 Å². The molecule has 0 heterocycles. The number of rotatable bonds is 6. The van der Waals surface area contributed by atoms with Crippen molar-refractivity contribution in [1.82, 2.24) is 0 Å². The second kappa shape index (κ2) is 5.68. The van der Waals surface area contributed by atoms with Gasteiger partial charge in [-0.3, -0.25) is 0 Å². The van der Waals surface area contributed by atoms with E-state index in [1.165, 1.54) is 0 Å². The van der Waals surface area contributed by atoms with Gasteiger partial charge in [-0.15, -0.1) is 0 Å². The van der Waals surface area contributed by atoms with E-state index in [1.807, 2.05) is 0 Å². The predicted octanol–water partition coefficient (Wildman–Crippen LogP) is 4.37. The zero-order chi connectivity index (χ0) is 20.0. The summed E-state index contributed by atoms with van der Waals surface area (Å²) in [5, 5.41) is 7.87. The van der Waals surface area contributed by atoms with Crippen LogP contribution < -0.4 is 0 Å². The molecule has 0 saturated heterocycles. The van der Waals surface area contributed by atoms with Crippen LogP contribution in [0.3, 0.4) is 0 Å². The standard InChI is InChI=1S/C9H3F13O2/c10-4(11,2-1-3(23)24)5(12,13)6(14,15)7(16,17)8(18,19)9(20,21)22/h1-2H,(H,23,24)/b2-1+. The van der Waals surface area contributed by atoms with E-state index in [0.29, 0.717) is 0 Å². The second-order valence-electron chi connectivity index (χ2n) is 4.09. The summed E-state index contributed by atoms with van der Waals surface area (Å²) in [5.74, 6) is -40.2. The van der Waals surface area contributed by atoms with E-state index < -0.39 is 53.9 Å². The van der Waals surface area contributed by atoms with Crippen LogP contribution in [0.5, 0.6) is 0 Å². The first-order valence-electron chi connectivity index (χ1n) is 5.05. The molecule has 0 radical (unpaired) electrons. The van der Waals surface area contributed by atoms with Crippen molar-refractivity contribution >= 4 is 5.97 Å². The largest absolute Gasteiger partial charge is 0.478 e. The minimum Gasteiger partial charge on any atom is -0.478 e. The fraction of sp³-hybridized carbons (Fsp3) is 0.667. The van der Waals surface area contributed by atoms with Crippen LogP contribution in [-0.2, 0) is 4.79 Å². The number of halogens is 13. The van der Waals surface area contributed by atoms with Gasteiger partial charge in [0, 0.05) is 6.08 Å². The van der Waals surface area contributed by atoms with Crippen molar-refractivity contribution in [3.05, 3.63) is 12.2 Å². The van der Waals surface area contributed by atoms with Gasteiger partial charge in [-0.2, -0.15) is 57.1 Å². The molecule has 24 heavy (non-hydrogen) atoms. The van der Waals surface area contributed by atoms with E-state index in [0.717, 1.165) is 0 Å². The van der Waals surface area contributed by atoms with Crippen molar-refractivity contribution in [1.29, 1.82) is 0 Å². The predicted molar refractivity (Wildman–Crippen MR) is 47.6 cm³/mol. The number of aliphatic carboxylic acids is 1. The molecule has 0 fully saturated rings. The van der Waals surface area contributed by atoms with Gasteiger partial charge in [-0.05, 0) is 6.08 Å². The van der Waals surface area contributed by atoms with Gasteiger partial charge in [0.2, 0.25) is 0 Å². The highest BCUT2D eigenvalue weighted by atomic mass is 19.4. The Morgan fingerprint density at radius 1 is 0.625 bits per heavy atom. The van der Waals surface area contributed by atoms with Gasteiger partial charge >= 0.3 is 41.8 Å². The number of carboxylic acids is 1. The molecule has 0 saturated carbocycles. The summed E-state index contributed by atoms with van der Waals surface area (Å²) >= 11 is 0. The summed E-state index contributed by atoms with van der Waals surface area (Å²) in [6.07, 6.45) is -9.97. The van der Waals surface area contributed by atoms with E-state index in [1.54, 1.807) is 0 Å². The third kappa shape index (κ3) is 3.11. The van der Waals surface area contributed by atoms with Gasteiger partial charge < -0.3 is 5.11 Å². The van der Waals surface area contributed by atoms with E-state index in [4.69, 9.17) is 5.11 Å². The smallest absolute Gasteiger partial charge is 0.460 e. The Labute approximate surface area is 122 Å². The zero-order valence-corrected chi connectivity index (χ0v) is 10.4. The van der Waals surface area contributed by atoms with Crippen molar-refractivity contribution in [3.8, 4) is 0 Å². The maximum atomic E-state index is 12.9. The van der Waals surface area contributed by atoms with E-state index in [2.05, 4.69) is 0 Å². The zero-order valence-electron chi connectivity index (χ0n) is 10.4. The van der Waals surface area contributed by atoms with Crippen LogP contribution in [0, 0.1) is 0 Å². The van der Waals surface area contributed by atoms with E-state index in [-0.39, 0.29) is 0 Å². The van der Waals surface area contributed by atoms with Crippen molar-refractivity contribution < 1.29 is 67.0 Å². The summed E-state index contributed by atoms with van der Waals surface area (Å²) in [5.41, 5.74) is 0. The molecule has 1 N–H and O–H groups in total. The number of carboxylic acid groups (broad SMARTS) is 1. The molecule has 0 aromatic carbocycles. The van der Waals surface area contributed by atoms with Gasteiger partial charge in [-0.25, -0.2) is 4.79 Å². The summed E-state index contributed by atoms with van der Waals surface area (Å²) in [6.45, 7) is 0. The number of carbonyl (C=O) groups is 1. The molecule has 142 valence electrons. The first kappa shape index (κ1) is 22.3. The van der Waals surface area contributed by atoms with Gasteiger partial charge in [0.1, 0.15) is 0 Å². The molecular formula is C9H3F13O2. The monoisotopic (exact) mass is 390 g/mol. The third-order valence-corrected chi connectivity index (χ3v) is 2.39. The highest BCUT2D eigenvalue weighted by molar-refractivity contribution is 5.79. The lowest BCUT2D eigenvalue weighted by Crippen LogP contribution is -2.69. The molecule has 2 nitrogen and oxygen atoms in total. The van der Waals surface area contributed by atoms with Crippen LogP contribution in [-0.4, -0.2) is 46.9 Å². The number of allylic oxidation sites excluding steroid dienone is 1. The number of hydrogen-bond acceptors (Lipinski definition) is 1.